The molecule has 2 aliphatic rings. The molecule has 0 saturated carbocycles. The summed E-state index contributed by atoms with van der Waals surface area (Å²) in [5.74, 6) is -0.139. The van der Waals surface area contributed by atoms with E-state index in [1.807, 2.05) is 6.07 Å². The number of phenolic OH excluding ortho intramolecular Hbond substituents is 1. The maximum atomic E-state index is 13.8. The molecule has 162 valence electrons. The average molecular weight is 425 g/mol. The number of aromatic hydroxyl groups is 1. The maximum Gasteiger partial charge on any atom is 0.409 e. The Kier molecular flexibility index (Phi) is 4.76. The van der Waals surface area contributed by atoms with Crippen LogP contribution >= 0.6 is 0 Å². The zero-order valence-corrected chi connectivity index (χ0v) is 17.6. The summed E-state index contributed by atoms with van der Waals surface area (Å²) in [5, 5.41) is 19.0. The van der Waals surface area contributed by atoms with Gasteiger partial charge in [0.05, 0.1) is 11.4 Å². The van der Waals surface area contributed by atoms with Crippen LogP contribution in [0.2, 0.25) is 0 Å². The molecule has 2 N–H and O–H groups in total. The van der Waals surface area contributed by atoms with Gasteiger partial charge in [-0.25, -0.2) is 4.79 Å². The normalized spacial score (nSPS) is 19.9. The Morgan fingerprint density at radius 1 is 1.19 bits per heavy atom. The van der Waals surface area contributed by atoms with Gasteiger partial charge in [0.1, 0.15) is 11.4 Å². The number of carbonyl (C=O) groups is 2. The molecule has 0 aliphatic carbocycles. The number of fused-ring (bicyclic) bond motifs is 1. The molecule has 0 spiro atoms. The molecule has 0 unspecified atom stereocenters. The van der Waals surface area contributed by atoms with E-state index >= 15 is 0 Å². The van der Waals surface area contributed by atoms with Gasteiger partial charge in [-0.05, 0) is 45.9 Å². The third-order valence-electron chi connectivity index (χ3n) is 4.89. The molecule has 0 fully saturated rings. The highest BCUT2D eigenvalue weighted by Gasteiger charge is 2.55. The summed E-state index contributed by atoms with van der Waals surface area (Å²) in [6.45, 7) is 6.73. The first kappa shape index (κ1) is 20.5. The zero-order valence-electron chi connectivity index (χ0n) is 17.6. The number of nitrogens with zero attached hydrogens (tertiary/aromatic N) is 2. The number of benzene rings is 2. The molecule has 0 bridgehead atoms. The Bertz CT molecular complexity index is 1080. The van der Waals surface area contributed by atoms with Crippen LogP contribution < -0.4 is 19.8 Å². The van der Waals surface area contributed by atoms with E-state index in [1.165, 1.54) is 17.1 Å². The number of hydrogen-bond donors (Lipinski definition) is 2. The Morgan fingerprint density at radius 2 is 1.84 bits per heavy atom. The topological polar surface area (TPSA) is 110 Å². The second-order valence-corrected chi connectivity index (χ2v) is 8.24. The van der Waals surface area contributed by atoms with E-state index in [0.717, 1.165) is 0 Å². The summed E-state index contributed by atoms with van der Waals surface area (Å²) in [4.78, 5) is 26.5. The molecule has 0 aromatic heterocycles. The average Bonchev–Trinajstić information content (AvgIpc) is 3.24. The number of alkyl carbamates (subject to hydrolysis) is 1. The maximum absolute atomic E-state index is 13.8. The van der Waals surface area contributed by atoms with E-state index in [1.54, 1.807) is 52.0 Å². The first-order valence-electron chi connectivity index (χ1n) is 9.71. The quantitative estimate of drug-likeness (QED) is 0.781. The fraction of sp³-hybridized carbons (Fsp3) is 0.318. The minimum atomic E-state index is -1.80. The zero-order chi connectivity index (χ0) is 22.4. The summed E-state index contributed by atoms with van der Waals surface area (Å²) >= 11 is 0. The monoisotopic (exact) mass is 425 g/mol. The number of phenols is 1. The van der Waals surface area contributed by atoms with Gasteiger partial charge in [0.25, 0.3) is 5.91 Å². The molecule has 9 heteroatoms. The largest absolute Gasteiger partial charge is 0.507 e. The van der Waals surface area contributed by atoms with Crippen molar-refractivity contribution < 1.29 is 28.9 Å². The summed E-state index contributed by atoms with van der Waals surface area (Å²) in [7, 11) is 0. The lowest BCUT2D eigenvalue weighted by Gasteiger charge is -2.31. The Hall–Kier alpha value is -3.75. The predicted octanol–water partition coefficient (Wildman–Crippen LogP) is 3.26. The van der Waals surface area contributed by atoms with Crippen molar-refractivity contribution in [3.63, 3.8) is 0 Å². The van der Waals surface area contributed by atoms with Crippen LogP contribution in [0, 0.1) is 0 Å². The molecule has 31 heavy (non-hydrogen) atoms. The molecule has 2 heterocycles. The minimum Gasteiger partial charge on any atom is -0.507 e. The summed E-state index contributed by atoms with van der Waals surface area (Å²) in [6, 6.07) is 11.6. The predicted molar refractivity (Wildman–Crippen MR) is 112 cm³/mol. The SMILES string of the molecule is CC1=NN(c2ccccc2)C(=O)[C@]1(NC(=O)OC(C)(C)C)c1cc2c(cc1O)OCO2. The first-order chi connectivity index (χ1) is 14.6. The van der Waals surface area contributed by atoms with Crippen molar-refractivity contribution in [2.24, 2.45) is 5.10 Å². The molecular formula is C22H23N3O6. The minimum absolute atomic E-state index is 0.0120. The molecule has 2 aromatic rings. The van der Waals surface area contributed by atoms with Crippen molar-refractivity contribution in [1.82, 2.24) is 5.32 Å². The smallest absolute Gasteiger partial charge is 0.409 e. The van der Waals surface area contributed by atoms with Gasteiger partial charge in [0.15, 0.2) is 17.0 Å². The number of amides is 2. The molecule has 9 nitrogen and oxygen atoms in total. The fourth-order valence-electron chi connectivity index (χ4n) is 3.54. The molecule has 4 rings (SSSR count). The van der Waals surface area contributed by atoms with Crippen molar-refractivity contribution in [3.05, 3.63) is 48.0 Å². The van der Waals surface area contributed by atoms with Gasteiger partial charge in [-0.3, -0.25) is 10.1 Å². The van der Waals surface area contributed by atoms with Crippen molar-refractivity contribution in [3.8, 4) is 17.2 Å². The van der Waals surface area contributed by atoms with Crippen molar-refractivity contribution in [1.29, 1.82) is 0 Å². The van der Waals surface area contributed by atoms with Crippen LogP contribution in [0.25, 0.3) is 0 Å². The summed E-state index contributed by atoms with van der Waals surface area (Å²) in [6.07, 6.45) is -0.831. The van der Waals surface area contributed by atoms with E-state index in [-0.39, 0.29) is 23.8 Å². The number of hydrazone groups is 1. The Balaban J connectivity index is 1.84. The highest BCUT2D eigenvalue weighted by molar-refractivity contribution is 6.24. The second kappa shape index (κ2) is 7.19. The lowest BCUT2D eigenvalue weighted by atomic mass is 9.84. The van der Waals surface area contributed by atoms with Crippen LogP contribution in [0.3, 0.4) is 0 Å². The fourth-order valence-corrected chi connectivity index (χ4v) is 3.54. The van der Waals surface area contributed by atoms with Gasteiger partial charge in [0, 0.05) is 11.6 Å². The number of ether oxygens (including phenoxy) is 3. The second-order valence-electron chi connectivity index (χ2n) is 8.24. The number of rotatable bonds is 3. The van der Waals surface area contributed by atoms with E-state index < -0.39 is 23.1 Å². The third-order valence-corrected chi connectivity index (χ3v) is 4.89. The van der Waals surface area contributed by atoms with Gasteiger partial charge in [-0.1, -0.05) is 18.2 Å². The molecule has 0 saturated heterocycles. The lowest BCUT2D eigenvalue weighted by molar-refractivity contribution is -0.122. The molecule has 2 amide bonds. The Morgan fingerprint density at radius 3 is 2.48 bits per heavy atom. The van der Waals surface area contributed by atoms with Crippen LogP contribution in [-0.4, -0.2) is 35.2 Å². The molecule has 2 aromatic carbocycles. The molecule has 1 atom stereocenters. The number of para-hydroxylation sites is 1. The number of carbonyl (C=O) groups excluding carboxylic acids is 2. The summed E-state index contributed by atoms with van der Waals surface area (Å²) in [5.41, 5.74) is -1.73. The van der Waals surface area contributed by atoms with E-state index in [0.29, 0.717) is 17.2 Å². The van der Waals surface area contributed by atoms with Crippen LogP contribution in [-0.2, 0) is 15.1 Å². The highest BCUT2D eigenvalue weighted by atomic mass is 16.7. The number of hydrogen-bond acceptors (Lipinski definition) is 7. The van der Waals surface area contributed by atoms with Crippen LogP contribution in [0.5, 0.6) is 17.2 Å². The number of nitrogens with one attached hydrogen (secondary N) is 1. The van der Waals surface area contributed by atoms with E-state index in [9.17, 15) is 14.7 Å². The van der Waals surface area contributed by atoms with E-state index in [2.05, 4.69) is 10.4 Å². The van der Waals surface area contributed by atoms with Gasteiger partial charge < -0.3 is 19.3 Å². The number of anilines is 1. The molecule has 0 radical (unpaired) electrons. The molecular weight excluding hydrogens is 402 g/mol. The van der Waals surface area contributed by atoms with Crippen LogP contribution in [0.1, 0.15) is 33.3 Å². The van der Waals surface area contributed by atoms with Gasteiger partial charge >= 0.3 is 6.09 Å². The standard InChI is InChI=1S/C22H23N3O6/c1-13-22(23-20(28)31-21(2,3)4,15-10-17-18(11-16(15)26)30-12-29-17)19(27)25(24-13)14-8-6-5-7-9-14/h5-11,26H,12H2,1-4H3,(H,23,28)/t22-/m1/s1. The van der Waals surface area contributed by atoms with Gasteiger partial charge in [0.2, 0.25) is 6.79 Å². The first-order valence-corrected chi connectivity index (χ1v) is 9.71. The highest BCUT2D eigenvalue weighted by Crippen LogP contribution is 2.45. The van der Waals surface area contributed by atoms with Crippen LogP contribution in [0.15, 0.2) is 47.6 Å². The lowest BCUT2D eigenvalue weighted by Crippen LogP contribution is -2.57. The van der Waals surface area contributed by atoms with Crippen molar-refractivity contribution in [2.75, 3.05) is 11.8 Å². The van der Waals surface area contributed by atoms with Crippen molar-refractivity contribution >= 4 is 23.4 Å². The van der Waals surface area contributed by atoms with Crippen LogP contribution in [0.4, 0.5) is 10.5 Å². The third kappa shape index (κ3) is 3.52. The Labute approximate surface area is 179 Å². The van der Waals surface area contributed by atoms with Gasteiger partial charge in [-0.2, -0.15) is 10.1 Å². The summed E-state index contributed by atoms with van der Waals surface area (Å²) < 4.78 is 16.1. The van der Waals surface area contributed by atoms with E-state index in [4.69, 9.17) is 14.2 Å². The van der Waals surface area contributed by atoms with Gasteiger partial charge in [-0.15, -0.1) is 0 Å². The molecule has 2 aliphatic heterocycles. The van der Waals surface area contributed by atoms with Crippen molar-refractivity contribution in [2.45, 2.75) is 38.8 Å².